The average Bonchev–Trinajstić information content (AvgIpc) is 2.47. The summed E-state index contributed by atoms with van der Waals surface area (Å²) in [5.41, 5.74) is 1.03. The van der Waals surface area contributed by atoms with Crippen LogP contribution in [0.2, 0.25) is 0 Å². The largest absolute Gasteiger partial charge is 0.381 e. The van der Waals surface area contributed by atoms with Gasteiger partial charge in [0.1, 0.15) is 0 Å². The number of rotatable bonds is 6. The van der Waals surface area contributed by atoms with Gasteiger partial charge in [-0.25, -0.2) is 0 Å². The van der Waals surface area contributed by atoms with Crippen molar-refractivity contribution in [3.63, 3.8) is 0 Å². The van der Waals surface area contributed by atoms with Crippen molar-refractivity contribution in [3.8, 4) is 0 Å². The second-order valence-corrected chi connectivity index (χ2v) is 7.59. The van der Waals surface area contributed by atoms with E-state index in [1.165, 1.54) is 0 Å². The lowest BCUT2D eigenvalue weighted by Gasteiger charge is -2.24. The summed E-state index contributed by atoms with van der Waals surface area (Å²) >= 11 is 0. The van der Waals surface area contributed by atoms with Crippen LogP contribution in [0.1, 0.15) is 31.7 Å². The Kier molecular flexibility index (Phi) is 5.79. The summed E-state index contributed by atoms with van der Waals surface area (Å²) < 4.78 is 34.8. The third-order valence-electron chi connectivity index (χ3n) is 3.81. The molecule has 0 aliphatic carbocycles. The Labute approximate surface area is 127 Å². The molecule has 1 aromatic carbocycles. The van der Waals surface area contributed by atoms with Gasteiger partial charge in [-0.3, -0.25) is 4.18 Å². The SMILES string of the molecule is Cc1ccc(S(=O)(=O)OCC(C)CC2CCCOC2)cc1. The fraction of sp³-hybridized carbons (Fsp3) is 0.625. The number of hydrogen-bond acceptors (Lipinski definition) is 4. The van der Waals surface area contributed by atoms with Crippen LogP contribution in [-0.4, -0.2) is 28.2 Å². The van der Waals surface area contributed by atoms with Gasteiger partial charge in [-0.1, -0.05) is 24.6 Å². The molecule has 0 amide bonds. The lowest BCUT2D eigenvalue weighted by atomic mass is 9.92. The Hall–Kier alpha value is -0.910. The Morgan fingerprint density at radius 1 is 1.33 bits per heavy atom. The Morgan fingerprint density at radius 3 is 2.67 bits per heavy atom. The summed E-state index contributed by atoms with van der Waals surface area (Å²) in [6.45, 7) is 5.82. The minimum absolute atomic E-state index is 0.205. The molecule has 0 aromatic heterocycles. The molecule has 2 rings (SSSR count). The molecule has 21 heavy (non-hydrogen) atoms. The number of ether oxygens (including phenoxy) is 1. The molecule has 2 atom stereocenters. The average molecular weight is 312 g/mol. The molecular weight excluding hydrogens is 288 g/mol. The molecule has 1 fully saturated rings. The number of hydrogen-bond donors (Lipinski definition) is 0. The molecule has 1 aromatic rings. The van der Waals surface area contributed by atoms with Crippen LogP contribution < -0.4 is 0 Å². The normalized spacial score (nSPS) is 21.1. The molecule has 118 valence electrons. The second kappa shape index (κ2) is 7.38. The molecule has 5 heteroatoms. The highest BCUT2D eigenvalue weighted by molar-refractivity contribution is 7.86. The van der Waals surface area contributed by atoms with Crippen LogP contribution in [0, 0.1) is 18.8 Å². The highest BCUT2D eigenvalue weighted by Gasteiger charge is 2.20. The van der Waals surface area contributed by atoms with Gasteiger partial charge in [-0.05, 0) is 50.2 Å². The van der Waals surface area contributed by atoms with Gasteiger partial charge in [0.25, 0.3) is 10.1 Å². The first-order valence-electron chi connectivity index (χ1n) is 7.51. The first kappa shape index (κ1) is 16.5. The molecule has 4 nitrogen and oxygen atoms in total. The molecule has 2 unspecified atom stereocenters. The quantitative estimate of drug-likeness (QED) is 0.757. The molecular formula is C16H24O4S. The topological polar surface area (TPSA) is 52.6 Å². The zero-order chi connectivity index (χ0) is 15.3. The molecule has 0 spiro atoms. The van der Waals surface area contributed by atoms with Gasteiger partial charge in [0.05, 0.1) is 11.5 Å². The second-order valence-electron chi connectivity index (χ2n) is 5.98. The van der Waals surface area contributed by atoms with Gasteiger partial charge < -0.3 is 4.74 Å². The smallest absolute Gasteiger partial charge is 0.296 e. The lowest BCUT2D eigenvalue weighted by Crippen LogP contribution is -2.22. The van der Waals surface area contributed by atoms with Crippen LogP contribution in [-0.2, 0) is 19.0 Å². The van der Waals surface area contributed by atoms with Gasteiger partial charge in [0, 0.05) is 13.2 Å². The predicted molar refractivity (Wildman–Crippen MR) is 81.6 cm³/mol. The van der Waals surface area contributed by atoms with E-state index < -0.39 is 10.1 Å². The van der Waals surface area contributed by atoms with Crippen LogP contribution in [0.25, 0.3) is 0 Å². The molecule has 1 aliphatic heterocycles. The van der Waals surface area contributed by atoms with Crippen molar-refractivity contribution in [2.75, 3.05) is 19.8 Å². The minimum atomic E-state index is -3.64. The van der Waals surface area contributed by atoms with Crippen LogP contribution in [0.5, 0.6) is 0 Å². The first-order chi connectivity index (χ1) is 9.97. The third kappa shape index (κ3) is 5.09. The van der Waals surface area contributed by atoms with Crippen molar-refractivity contribution in [2.45, 2.75) is 38.0 Å². The summed E-state index contributed by atoms with van der Waals surface area (Å²) in [6.07, 6.45) is 3.21. The summed E-state index contributed by atoms with van der Waals surface area (Å²) in [4.78, 5) is 0.223. The Bertz CT molecular complexity index is 530. The summed E-state index contributed by atoms with van der Waals surface area (Å²) in [5.74, 6) is 0.733. The van der Waals surface area contributed by atoms with E-state index in [4.69, 9.17) is 8.92 Å². The van der Waals surface area contributed by atoms with E-state index in [2.05, 4.69) is 0 Å². The molecule has 0 N–H and O–H groups in total. The summed E-state index contributed by atoms with van der Waals surface area (Å²) in [6, 6.07) is 6.73. The fourth-order valence-corrected chi connectivity index (χ4v) is 3.63. The minimum Gasteiger partial charge on any atom is -0.381 e. The van der Waals surface area contributed by atoms with Gasteiger partial charge >= 0.3 is 0 Å². The van der Waals surface area contributed by atoms with E-state index in [0.29, 0.717) is 5.92 Å². The molecule has 1 heterocycles. The van der Waals surface area contributed by atoms with Crippen LogP contribution in [0.4, 0.5) is 0 Å². The van der Waals surface area contributed by atoms with Gasteiger partial charge in [0.15, 0.2) is 0 Å². The van der Waals surface area contributed by atoms with Crippen LogP contribution >= 0.6 is 0 Å². The van der Waals surface area contributed by atoms with Crippen molar-refractivity contribution in [2.24, 2.45) is 11.8 Å². The fourth-order valence-electron chi connectivity index (χ4n) is 2.61. The van der Waals surface area contributed by atoms with E-state index in [1.807, 2.05) is 13.8 Å². The third-order valence-corrected chi connectivity index (χ3v) is 5.10. The maximum atomic E-state index is 12.1. The standard InChI is InChI=1S/C16H24O4S/c1-13-5-7-16(8-6-13)21(17,18)20-11-14(2)10-15-4-3-9-19-12-15/h5-8,14-15H,3-4,9-12H2,1-2H3. The predicted octanol–water partition coefficient (Wildman–Crippen LogP) is 3.15. The van der Waals surface area contributed by atoms with Gasteiger partial charge in [-0.2, -0.15) is 8.42 Å². The van der Waals surface area contributed by atoms with Gasteiger partial charge in [-0.15, -0.1) is 0 Å². The molecule has 0 radical (unpaired) electrons. The lowest BCUT2D eigenvalue weighted by molar-refractivity contribution is 0.0431. The van der Waals surface area contributed by atoms with Crippen molar-refractivity contribution in [1.29, 1.82) is 0 Å². The molecule has 1 saturated heterocycles. The van der Waals surface area contributed by atoms with Crippen LogP contribution in [0.3, 0.4) is 0 Å². The summed E-state index contributed by atoms with van der Waals surface area (Å²) in [7, 11) is -3.64. The van der Waals surface area contributed by atoms with Crippen molar-refractivity contribution < 1.29 is 17.3 Å². The van der Waals surface area contributed by atoms with E-state index in [1.54, 1.807) is 24.3 Å². The van der Waals surface area contributed by atoms with E-state index in [-0.39, 0.29) is 17.4 Å². The van der Waals surface area contributed by atoms with E-state index >= 15 is 0 Å². The zero-order valence-corrected chi connectivity index (χ0v) is 13.6. The van der Waals surface area contributed by atoms with Crippen molar-refractivity contribution >= 4 is 10.1 Å². The Morgan fingerprint density at radius 2 is 2.05 bits per heavy atom. The Balaban J connectivity index is 1.84. The van der Waals surface area contributed by atoms with E-state index in [0.717, 1.165) is 38.0 Å². The molecule has 0 bridgehead atoms. The van der Waals surface area contributed by atoms with Crippen molar-refractivity contribution in [1.82, 2.24) is 0 Å². The maximum Gasteiger partial charge on any atom is 0.296 e. The van der Waals surface area contributed by atoms with Crippen molar-refractivity contribution in [3.05, 3.63) is 29.8 Å². The molecule has 1 aliphatic rings. The maximum absolute atomic E-state index is 12.1. The van der Waals surface area contributed by atoms with E-state index in [9.17, 15) is 8.42 Å². The summed E-state index contributed by atoms with van der Waals surface area (Å²) in [5, 5.41) is 0. The monoisotopic (exact) mass is 312 g/mol. The first-order valence-corrected chi connectivity index (χ1v) is 8.92. The highest BCUT2D eigenvalue weighted by atomic mass is 32.2. The van der Waals surface area contributed by atoms with Gasteiger partial charge in [0.2, 0.25) is 0 Å². The number of aryl methyl sites for hydroxylation is 1. The molecule has 0 saturated carbocycles. The number of benzene rings is 1. The van der Waals surface area contributed by atoms with Crippen LogP contribution in [0.15, 0.2) is 29.2 Å². The zero-order valence-electron chi connectivity index (χ0n) is 12.7. The highest BCUT2D eigenvalue weighted by Crippen LogP contribution is 2.23.